The number of aromatic nitrogens is 2. The van der Waals surface area contributed by atoms with E-state index in [0.29, 0.717) is 17.1 Å². The van der Waals surface area contributed by atoms with Crippen LogP contribution < -0.4 is 5.32 Å². The highest BCUT2D eigenvalue weighted by Gasteiger charge is 2.25. The third-order valence-electron chi connectivity index (χ3n) is 5.51. The molecule has 1 aliphatic rings. The third kappa shape index (κ3) is 4.71. The van der Waals surface area contributed by atoms with Gasteiger partial charge in [-0.25, -0.2) is 9.97 Å². The highest BCUT2D eigenvalue weighted by Crippen LogP contribution is 2.31. The molecule has 3 aromatic rings. The van der Waals surface area contributed by atoms with Crippen molar-refractivity contribution in [3.05, 3.63) is 53.9 Å². The molecule has 1 aliphatic heterocycles. The Labute approximate surface area is 188 Å². The molecule has 0 spiro atoms. The van der Waals surface area contributed by atoms with Crippen LogP contribution in [0.2, 0.25) is 0 Å². The van der Waals surface area contributed by atoms with Gasteiger partial charge in [-0.3, -0.25) is 4.79 Å². The van der Waals surface area contributed by atoms with Gasteiger partial charge in [0.05, 0.1) is 11.3 Å². The molecule has 1 amide bonds. The number of amides is 1. The molecule has 30 heavy (non-hydrogen) atoms. The van der Waals surface area contributed by atoms with Crippen molar-refractivity contribution in [1.29, 1.82) is 0 Å². The number of nitrogens with one attached hydrogen (secondary N) is 1. The summed E-state index contributed by atoms with van der Waals surface area (Å²) in [7, 11) is 0. The van der Waals surface area contributed by atoms with Crippen LogP contribution >= 0.6 is 24.2 Å². The van der Waals surface area contributed by atoms with Crippen molar-refractivity contribution in [2.24, 2.45) is 5.92 Å². The second-order valence-electron chi connectivity index (χ2n) is 7.70. The van der Waals surface area contributed by atoms with E-state index in [1.54, 1.807) is 18.0 Å². The maximum absolute atomic E-state index is 13.4. The highest BCUT2D eigenvalue weighted by atomic mass is 35.5. The van der Waals surface area contributed by atoms with Crippen molar-refractivity contribution in [3.8, 4) is 0 Å². The van der Waals surface area contributed by atoms with E-state index in [9.17, 15) is 4.79 Å². The fourth-order valence-corrected chi connectivity index (χ4v) is 4.16. The van der Waals surface area contributed by atoms with Crippen LogP contribution in [-0.4, -0.2) is 40.1 Å². The molecule has 5 nitrogen and oxygen atoms in total. The van der Waals surface area contributed by atoms with Gasteiger partial charge in [0.1, 0.15) is 0 Å². The van der Waals surface area contributed by atoms with Crippen molar-refractivity contribution in [1.82, 2.24) is 14.9 Å². The van der Waals surface area contributed by atoms with Gasteiger partial charge in [0.25, 0.3) is 5.91 Å². The van der Waals surface area contributed by atoms with Gasteiger partial charge in [0, 0.05) is 40.9 Å². The van der Waals surface area contributed by atoms with Gasteiger partial charge < -0.3 is 10.2 Å². The van der Waals surface area contributed by atoms with Crippen LogP contribution in [0, 0.1) is 12.8 Å². The van der Waals surface area contributed by atoms with E-state index in [-0.39, 0.29) is 18.3 Å². The van der Waals surface area contributed by atoms with E-state index in [1.165, 1.54) is 4.90 Å². The van der Waals surface area contributed by atoms with Crippen LogP contribution in [0.15, 0.2) is 47.5 Å². The summed E-state index contributed by atoms with van der Waals surface area (Å²) in [4.78, 5) is 25.6. The molecular weight excluding hydrogens is 416 g/mol. The summed E-state index contributed by atoms with van der Waals surface area (Å²) in [5, 5.41) is 4.36. The minimum Gasteiger partial charge on any atom is -0.354 e. The lowest BCUT2D eigenvalue weighted by atomic mass is 9.98. The summed E-state index contributed by atoms with van der Waals surface area (Å²) in [6, 6.07) is 12.2. The average Bonchev–Trinajstić information content (AvgIpc) is 2.74. The molecule has 1 aromatic carbocycles. The first-order chi connectivity index (χ1) is 14.0. The molecule has 1 N–H and O–H groups in total. The predicted molar refractivity (Wildman–Crippen MR) is 127 cm³/mol. The number of hydrogen-bond acceptors (Lipinski definition) is 5. The van der Waals surface area contributed by atoms with E-state index in [4.69, 9.17) is 0 Å². The molecule has 0 saturated carbocycles. The summed E-state index contributed by atoms with van der Waals surface area (Å²) < 4.78 is 0. The summed E-state index contributed by atoms with van der Waals surface area (Å²) in [6.07, 6.45) is 5.83. The average molecular weight is 443 g/mol. The number of rotatable bonds is 4. The number of piperidine rings is 1. The molecule has 0 bridgehead atoms. The first-order valence-corrected chi connectivity index (χ1v) is 11.2. The van der Waals surface area contributed by atoms with Crippen LogP contribution in [0.3, 0.4) is 0 Å². The smallest absolute Gasteiger partial charge is 0.257 e. The van der Waals surface area contributed by atoms with Crippen LogP contribution in [-0.2, 0) is 0 Å². The van der Waals surface area contributed by atoms with E-state index in [2.05, 4.69) is 40.6 Å². The lowest BCUT2D eigenvalue weighted by Crippen LogP contribution is -2.38. The Morgan fingerprint density at radius 3 is 2.70 bits per heavy atom. The maximum atomic E-state index is 13.4. The number of fused-ring (bicyclic) bond motifs is 1. The predicted octanol–water partition coefficient (Wildman–Crippen LogP) is 5.70. The number of pyridine rings is 2. The van der Waals surface area contributed by atoms with Crippen molar-refractivity contribution in [2.75, 3.05) is 24.7 Å². The number of thioether (sulfide) groups is 1. The second-order valence-corrected chi connectivity index (χ2v) is 8.58. The number of benzene rings is 1. The number of likely N-dealkylation sites (tertiary alicyclic amines) is 1. The molecule has 1 fully saturated rings. The lowest BCUT2D eigenvalue weighted by molar-refractivity contribution is 0.0698. The number of anilines is 2. The molecular formula is C23H27ClN4OS. The summed E-state index contributed by atoms with van der Waals surface area (Å²) >= 11 is 1.69. The van der Waals surface area contributed by atoms with Crippen LogP contribution in [0.5, 0.6) is 0 Å². The Hall–Kier alpha value is -2.31. The molecule has 7 heteroatoms. The molecule has 158 valence electrons. The quantitative estimate of drug-likeness (QED) is 0.525. The van der Waals surface area contributed by atoms with Gasteiger partial charge in [-0.2, -0.15) is 0 Å². The van der Waals surface area contributed by atoms with Gasteiger partial charge in [0.15, 0.2) is 5.65 Å². The Morgan fingerprint density at radius 2 is 1.97 bits per heavy atom. The number of hydrogen-bond donors (Lipinski definition) is 1. The van der Waals surface area contributed by atoms with Crippen LogP contribution in [0.4, 0.5) is 11.4 Å². The van der Waals surface area contributed by atoms with Gasteiger partial charge in [-0.15, -0.1) is 24.2 Å². The Bertz CT molecular complexity index is 1050. The fraction of sp³-hybridized carbons (Fsp3) is 0.348. The number of halogens is 1. The van der Waals surface area contributed by atoms with Crippen molar-refractivity contribution < 1.29 is 4.79 Å². The number of aryl methyl sites for hydroxylation is 1. The zero-order chi connectivity index (χ0) is 20.4. The topological polar surface area (TPSA) is 58.1 Å². The Balaban J connectivity index is 0.00000256. The zero-order valence-electron chi connectivity index (χ0n) is 17.5. The summed E-state index contributed by atoms with van der Waals surface area (Å²) in [6.45, 7) is 5.79. The minimum absolute atomic E-state index is 0. The van der Waals surface area contributed by atoms with E-state index in [0.717, 1.165) is 48.4 Å². The molecule has 0 radical (unpaired) electrons. The van der Waals surface area contributed by atoms with Crippen LogP contribution in [0.25, 0.3) is 11.0 Å². The molecule has 1 saturated heterocycles. The van der Waals surface area contributed by atoms with Crippen molar-refractivity contribution in [3.63, 3.8) is 0 Å². The summed E-state index contributed by atoms with van der Waals surface area (Å²) in [5.41, 5.74) is 3.89. The van der Waals surface area contributed by atoms with E-state index < -0.39 is 0 Å². The SMILES string of the molecule is CSc1cccc(Nc2c(C(=O)N3CCC(C)CC3)cnc3nc(C)ccc23)c1.Cl. The molecule has 3 heterocycles. The lowest BCUT2D eigenvalue weighted by Gasteiger charge is -2.31. The normalized spacial score (nSPS) is 14.4. The van der Waals surface area contributed by atoms with Crippen molar-refractivity contribution >= 4 is 52.5 Å². The first kappa shape index (κ1) is 22.4. The standard InChI is InChI=1S/C23H26N4OS.ClH/c1-15-9-11-27(12-10-15)23(28)20-14-24-22-19(8-7-16(2)25-22)21(20)26-17-5-4-6-18(13-17)29-3;/h4-8,13-15H,9-12H2,1-3H3,(H,24,25,26);1H. The van der Waals surface area contributed by atoms with Crippen molar-refractivity contribution in [2.45, 2.75) is 31.6 Å². The third-order valence-corrected chi connectivity index (χ3v) is 6.23. The fourth-order valence-electron chi connectivity index (χ4n) is 3.70. The van der Waals surface area contributed by atoms with Crippen LogP contribution in [0.1, 0.15) is 35.8 Å². The summed E-state index contributed by atoms with van der Waals surface area (Å²) in [5.74, 6) is 0.711. The Kier molecular flexibility index (Phi) is 7.21. The van der Waals surface area contributed by atoms with Gasteiger partial charge >= 0.3 is 0 Å². The number of carbonyl (C=O) groups is 1. The van der Waals surface area contributed by atoms with Gasteiger partial charge in [-0.05, 0) is 62.3 Å². The van der Waals surface area contributed by atoms with Gasteiger partial charge in [-0.1, -0.05) is 13.0 Å². The van der Waals surface area contributed by atoms with Gasteiger partial charge in [0.2, 0.25) is 0 Å². The largest absolute Gasteiger partial charge is 0.354 e. The highest BCUT2D eigenvalue weighted by molar-refractivity contribution is 7.98. The molecule has 2 aromatic heterocycles. The number of carbonyl (C=O) groups excluding carboxylic acids is 1. The zero-order valence-corrected chi connectivity index (χ0v) is 19.1. The maximum Gasteiger partial charge on any atom is 0.257 e. The van der Waals surface area contributed by atoms with E-state index >= 15 is 0 Å². The monoisotopic (exact) mass is 442 g/mol. The van der Waals surface area contributed by atoms with E-state index in [1.807, 2.05) is 36.1 Å². The minimum atomic E-state index is 0. The molecule has 0 unspecified atom stereocenters. The molecule has 0 atom stereocenters. The molecule has 0 aliphatic carbocycles. The number of nitrogens with zero attached hydrogens (tertiary/aromatic N) is 3. The second kappa shape index (κ2) is 9.67. The first-order valence-electron chi connectivity index (χ1n) is 10.0. The Morgan fingerprint density at radius 1 is 1.20 bits per heavy atom. The molecule has 4 rings (SSSR count).